The Morgan fingerprint density at radius 3 is 2.65 bits per heavy atom. The number of carbonyl (C=O) groups is 2. The Morgan fingerprint density at radius 1 is 1.27 bits per heavy atom. The van der Waals surface area contributed by atoms with E-state index in [4.69, 9.17) is 0 Å². The molecule has 1 aromatic heterocycles. The Kier molecular flexibility index (Phi) is 4.51. The molecule has 2 aromatic rings. The van der Waals surface area contributed by atoms with Crippen molar-refractivity contribution in [2.75, 3.05) is 6.54 Å². The van der Waals surface area contributed by atoms with Crippen LogP contribution >= 0.6 is 0 Å². The molecule has 26 heavy (non-hydrogen) atoms. The highest BCUT2D eigenvalue weighted by atomic mass is 19.4. The number of carboxylic acids is 1. The number of aromatic amines is 1. The SMILES string of the molecule is O=C(O)C1CCCCN1C(=O)c1ccc2c(c1)[nH]c(=O)n2CC(F)(F)F. The van der Waals surface area contributed by atoms with Gasteiger partial charge in [-0.05, 0) is 37.5 Å². The van der Waals surface area contributed by atoms with Gasteiger partial charge >= 0.3 is 17.8 Å². The van der Waals surface area contributed by atoms with Crippen LogP contribution in [0.15, 0.2) is 23.0 Å². The van der Waals surface area contributed by atoms with E-state index >= 15 is 0 Å². The number of likely N-dealkylation sites (tertiary alicyclic amines) is 1. The van der Waals surface area contributed by atoms with Crippen LogP contribution in [0.4, 0.5) is 13.2 Å². The average molecular weight is 371 g/mol. The molecule has 1 amide bonds. The smallest absolute Gasteiger partial charge is 0.406 e. The standard InChI is InChI=1S/C16H16F3N3O4/c17-16(18,19)8-22-11-5-4-9(7-10(11)20-15(22)26)13(23)21-6-2-1-3-12(21)14(24)25/h4-5,7,12H,1-3,6,8H2,(H,20,26)(H,24,25). The molecule has 1 saturated heterocycles. The Labute approximate surface area is 145 Å². The molecule has 1 atom stereocenters. The van der Waals surface area contributed by atoms with Crippen LogP contribution in [-0.4, -0.2) is 50.2 Å². The summed E-state index contributed by atoms with van der Waals surface area (Å²) in [7, 11) is 0. The monoisotopic (exact) mass is 371 g/mol. The van der Waals surface area contributed by atoms with Gasteiger partial charge in [-0.3, -0.25) is 9.36 Å². The highest BCUT2D eigenvalue weighted by Gasteiger charge is 2.33. The molecule has 1 aliphatic rings. The van der Waals surface area contributed by atoms with Gasteiger partial charge < -0.3 is 15.0 Å². The summed E-state index contributed by atoms with van der Waals surface area (Å²) in [4.78, 5) is 39.3. The van der Waals surface area contributed by atoms with Crippen molar-refractivity contribution in [2.24, 2.45) is 0 Å². The Balaban J connectivity index is 1.95. The molecule has 0 radical (unpaired) electrons. The van der Waals surface area contributed by atoms with E-state index in [9.17, 15) is 32.7 Å². The molecule has 0 aliphatic carbocycles. The number of nitrogens with zero attached hydrogens (tertiary/aromatic N) is 2. The van der Waals surface area contributed by atoms with Gasteiger partial charge in [-0.1, -0.05) is 0 Å². The third kappa shape index (κ3) is 3.44. The summed E-state index contributed by atoms with van der Waals surface area (Å²) in [6.45, 7) is -1.15. The van der Waals surface area contributed by atoms with Crippen molar-refractivity contribution in [2.45, 2.75) is 38.0 Å². The van der Waals surface area contributed by atoms with Crippen LogP contribution < -0.4 is 5.69 Å². The number of nitrogens with one attached hydrogen (secondary N) is 1. The number of aromatic nitrogens is 2. The normalized spacial score (nSPS) is 18.3. The molecular formula is C16H16F3N3O4. The first-order valence-electron chi connectivity index (χ1n) is 8.00. The molecule has 2 heterocycles. The molecule has 10 heteroatoms. The van der Waals surface area contributed by atoms with Crippen LogP contribution in [0.1, 0.15) is 29.6 Å². The van der Waals surface area contributed by atoms with Gasteiger partial charge in [0.05, 0.1) is 11.0 Å². The first-order chi connectivity index (χ1) is 12.2. The molecular weight excluding hydrogens is 355 g/mol. The fourth-order valence-electron chi connectivity index (χ4n) is 3.23. The number of carboxylic acid groups (broad SMARTS) is 1. The van der Waals surface area contributed by atoms with Crippen molar-refractivity contribution < 1.29 is 27.9 Å². The maximum absolute atomic E-state index is 12.7. The van der Waals surface area contributed by atoms with Gasteiger partial charge in [-0.25, -0.2) is 9.59 Å². The fourth-order valence-corrected chi connectivity index (χ4v) is 3.23. The largest absolute Gasteiger partial charge is 0.480 e. The number of alkyl halides is 3. The van der Waals surface area contributed by atoms with Crippen molar-refractivity contribution >= 4 is 22.9 Å². The number of benzene rings is 1. The fraction of sp³-hybridized carbons (Fsp3) is 0.438. The first-order valence-corrected chi connectivity index (χ1v) is 8.00. The molecule has 1 fully saturated rings. The van der Waals surface area contributed by atoms with E-state index in [2.05, 4.69) is 4.98 Å². The van der Waals surface area contributed by atoms with Crippen molar-refractivity contribution in [3.05, 3.63) is 34.2 Å². The number of H-pyrrole nitrogens is 1. The molecule has 1 aliphatic heterocycles. The summed E-state index contributed by atoms with van der Waals surface area (Å²) in [6.07, 6.45) is -2.83. The summed E-state index contributed by atoms with van der Waals surface area (Å²) in [5.74, 6) is -1.62. The maximum Gasteiger partial charge on any atom is 0.406 e. The van der Waals surface area contributed by atoms with Crippen LogP contribution in [0.5, 0.6) is 0 Å². The number of aliphatic carboxylic acids is 1. The van der Waals surface area contributed by atoms with Gasteiger partial charge in [-0.15, -0.1) is 0 Å². The lowest BCUT2D eigenvalue weighted by Gasteiger charge is -2.33. The van der Waals surface area contributed by atoms with E-state index in [1.807, 2.05) is 0 Å². The number of hydrogen-bond acceptors (Lipinski definition) is 3. The molecule has 0 saturated carbocycles. The Bertz CT molecular complexity index is 916. The predicted molar refractivity (Wildman–Crippen MR) is 84.9 cm³/mol. The molecule has 1 unspecified atom stereocenters. The summed E-state index contributed by atoms with van der Waals surface area (Å²) < 4.78 is 38.4. The minimum absolute atomic E-state index is 0.0253. The number of halogens is 3. The van der Waals surface area contributed by atoms with Gasteiger partial charge in [0, 0.05) is 12.1 Å². The molecule has 7 nitrogen and oxygen atoms in total. The lowest BCUT2D eigenvalue weighted by molar-refractivity contribution is -0.143. The van der Waals surface area contributed by atoms with Crippen molar-refractivity contribution in [1.29, 1.82) is 0 Å². The minimum Gasteiger partial charge on any atom is -0.480 e. The summed E-state index contributed by atoms with van der Waals surface area (Å²) in [5.41, 5.74) is -0.694. The quantitative estimate of drug-likeness (QED) is 0.862. The van der Waals surface area contributed by atoms with Gasteiger partial charge in [0.25, 0.3) is 5.91 Å². The Hall–Kier alpha value is -2.78. The third-order valence-electron chi connectivity index (χ3n) is 4.41. The van der Waals surface area contributed by atoms with E-state index < -0.39 is 36.3 Å². The number of fused-ring (bicyclic) bond motifs is 1. The van der Waals surface area contributed by atoms with Crippen LogP contribution in [0.25, 0.3) is 11.0 Å². The second kappa shape index (κ2) is 6.50. The average Bonchev–Trinajstić information content (AvgIpc) is 2.87. The van der Waals surface area contributed by atoms with E-state index in [1.54, 1.807) is 0 Å². The summed E-state index contributed by atoms with van der Waals surface area (Å²) in [6, 6.07) is 2.91. The molecule has 2 N–H and O–H groups in total. The zero-order valence-corrected chi connectivity index (χ0v) is 13.5. The number of hydrogen-bond donors (Lipinski definition) is 2. The van der Waals surface area contributed by atoms with Gasteiger partial charge in [0.1, 0.15) is 12.6 Å². The van der Waals surface area contributed by atoms with Gasteiger partial charge in [-0.2, -0.15) is 13.2 Å². The van der Waals surface area contributed by atoms with E-state index in [0.717, 1.165) is 0 Å². The molecule has 140 valence electrons. The maximum atomic E-state index is 12.7. The number of amides is 1. The molecule has 1 aromatic carbocycles. The van der Waals surface area contributed by atoms with Crippen LogP contribution in [0.3, 0.4) is 0 Å². The first kappa shape index (κ1) is 18.0. The zero-order valence-electron chi connectivity index (χ0n) is 13.5. The van der Waals surface area contributed by atoms with E-state index in [-0.39, 0.29) is 16.6 Å². The second-order valence-corrected chi connectivity index (χ2v) is 6.21. The third-order valence-corrected chi connectivity index (χ3v) is 4.41. The zero-order chi connectivity index (χ0) is 19.1. The summed E-state index contributed by atoms with van der Waals surface area (Å²) in [5, 5.41) is 9.27. The highest BCUT2D eigenvalue weighted by Crippen LogP contribution is 2.23. The van der Waals surface area contributed by atoms with Crippen LogP contribution in [-0.2, 0) is 11.3 Å². The van der Waals surface area contributed by atoms with Gasteiger partial charge in [0.15, 0.2) is 0 Å². The van der Waals surface area contributed by atoms with Gasteiger partial charge in [0.2, 0.25) is 0 Å². The molecule has 0 bridgehead atoms. The number of piperidine rings is 1. The van der Waals surface area contributed by atoms with E-state index in [1.165, 1.54) is 23.1 Å². The van der Waals surface area contributed by atoms with Crippen LogP contribution in [0, 0.1) is 0 Å². The number of carbonyl (C=O) groups excluding carboxylic acids is 1. The van der Waals surface area contributed by atoms with Crippen LogP contribution in [0.2, 0.25) is 0 Å². The summed E-state index contributed by atoms with van der Waals surface area (Å²) >= 11 is 0. The predicted octanol–water partition coefficient (Wildman–Crippen LogP) is 1.97. The number of rotatable bonds is 3. The second-order valence-electron chi connectivity index (χ2n) is 6.21. The molecule has 0 spiro atoms. The number of imidazole rings is 1. The van der Waals surface area contributed by atoms with E-state index in [0.29, 0.717) is 30.4 Å². The highest BCUT2D eigenvalue weighted by molar-refractivity contribution is 5.99. The topological polar surface area (TPSA) is 95.4 Å². The molecule has 3 rings (SSSR count). The lowest BCUT2D eigenvalue weighted by Crippen LogP contribution is -2.47. The van der Waals surface area contributed by atoms with Crippen molar-refractivity contribution in [3.63, 3.8) is 0 Å². The van der Waals surface area contributed by atoms with Crippen molar-refractivity contribution in [1.82, 2.24) is 14.5 Å². The minimum atomic E-state index is -4.56. The Morgan fingerprint density at radius 2 is 2.00 bits per heavy atom. The van der Waals surface area contributed by atoms with Crippen molar-refractivity contribution in [3.8, 4) is 0 Å². The lowest BCUT2D eigenvalue weighted by atomic mass is 10.0.